The van der Waals surface area contributed by atoms with Crippen LogP contribution in [0.2, 0.25) is 0 Å². The third kappa shape index (κ3) is 4.98. The zero-order valence-corrected chi connectivity index (χ0v) is 17.6. The Morgan fingerprint density at radius 3 is 2.87 bits per heavy atom. The molecule has 1 N–H and O–H groups in total. The van der Waals surface area contributed by atoms with Gasteiger partial charge in [-0.15, -0.1) is 11.3 Å². The van der Waals surface area contributed by atoms with Gasteiger partial charge >= 0.3 is 0 Å². The summed E-state index contributed by atoms with van der Waals surface area (Å²) in [5.74, 6) is 1.11. The van der Waals surface area contributed by atoms with Crippen LogP contribution in [-0.2, 0) is 11.3 Å². The molecule has 1 fully saturated rings. The van der Waals surface area contributed by atoms with Crippen LogP contribution in [0.1, 0.15) is 28.9 Å². The van der Waals surface area contributed by atoms with E-state index in [1.54, 1.807) is 12.5 Å². The van der Waals surface area contributed by atoms with E-state index in [0.717, 1.165) is 35.6 Å². The van der Waals surface area contributed by atoms with Crippen LogP contribution < -0.4 is 14.8 Å². The zero-order valence-electron chi connectivity index (χ0n) is 16.8. The molecule has 1 aromatic heterocycles. The van der Waals surface area contributed by atoms with Crippen LogP contribution in [0.4, 0.5) is 0 Å². The number of methoxy groups -OCH3 is 1. The molecule has 1 atom stereocenters. The van der Waals surface area contributed by atoms with E-state index >= 15 is 0 Å². The summed E-state index contributed by atoms with van der Waals surface area (Å²) in [7, 11) is 1.61. The van der Waals surface area contributed by atoms with Gasteiger partial charge in [0.2, 0.25) is 0 Å². The number of carbonyl (C=O) groups is 1. The van der Waals surface area contributed by atoms with Crippen LogP contribution in [0.5, 0.6) is 11.5 Å². The van der Waals surface area contributed by atoms with Crippen molar-refractivity contribution in [1.82, 2.24) is 10.3 Å². The summed E-state index contributed by atoms with van der Waals surface area (Å²) >= 11 is 1.42. The van der Waals surface area contributed by atoms with Gasteiger partial charge in [-0.05, 0) is 36.6 Å². The Morgan fingerprint density at radius 1 is 1.23 bits per heavy atom. The minimum Gasteiger partial charge on any atom is -0.493 e. The van der Waals surface area contributed by atoms with Gasteiger partial charge in [-0.25, -0.2) is 4.98 Å². The number of benzene rings is 2. The number of nitrogens with one attached hydrogen (secondary N) is 1. The number of carbonyl (C=O) groups excluding carboxylic acids is 1. The number of ether oxygens (including phenoxy) is 3. The van der Waals surface area contributed by atoms with Gasteiger partial charge in [0.1, 0.15) is 17.3 Å². The Bertz CT molecular complexity index is 984. The van der Waals surface area contributed by atoms with Crippen molar-refractivity contribution in [3.05, 3.63) is 65.2 Å². The van der Waals surface area contributed by atoms with E-state index in [0.29, 0.717) is 30.3 Å². The van der Waals surface area contributed by atoms with Crippen LogP contribution in [-0.4, -0.2) is 37.3 Å². The maximum Gasteiger partial charge on any atom is 0.270 e. The highest BCUT2D eigenvalue weighted by atomic mass is 32.1. The lowest BCUT2D eigenvalue weighted by atomic mass is 10.2. The average molecular weight is 425 g/mol. The lowest BCUT2D eigenvalue weighted by molar-refractivity contribution is 0.0854. The first-order valence-electron chi connectivity index (χ1n) is 9.93. The van der Waals surface area contributed by atoms with Crippen LogP contribution in [0.3, 0.4) is 0 Å². The standard InChI is InChI=1S/C23H24N2O4S/c1-27-21-12-17(9-10-20(21)29-14-16-6-3-2-4-7-16)23-25-19(15-30-23)22(26)24-13-18-8-5-11-28-18/h2-4,6-7,9-10,12,15,18H,5,8,11,13-14H2,1H3,(H,24,26)/t18-/m0/s1. The predicted molar refractivity (Wildman–Crippen MR) is 116 cm³/mol. The highest BCUT2D eigenvalue weighted by Gasteiger charge is 2.18. The molecule has 1 amide bonds. The molecule has 1 aliphatic heterocycles. The predicted octanol–water partition coefficient (Wildman–Crippen LogP) is 4.31. The lowest BCUT2D eigenvalue weighted by Crippen LogP contribution is -2.31. The summed E-state index contributed by atoms with van der Waals surface area (Å²) in [5, 5.41) is 5.43. The van der Waals surface area contributed by atoms with E-state index in [9.17, 15) is 4.79 Å². The van der Waals surface area contributed by atoms with Crippen LogP contribution in [0, 0.1) is 0 Å². The summed E-state index contributed by atoms with van der Waals surface area (Å²) < 4.78 is 17.0. The second kappa shape index (κ2) is 9.73. The maximum absolute atomic E-state index is 12.4. The smallest absolute Gasteiger partial charge is 0.270 e. The van der Waals surface area contributed by atoms with Crippen molar-refractivity contribution in [2.24, 2.45) is 0 Å². The molecule has 2 aromatic carbocycles. The minimum atomic E-state index is -0.178. The van der Waals surface area contributed by atoms with Gasteiger partial charge in [0.25, 0.3) is 5.91 Å². The first kappa shape index (κ1) is 20.4. The molecule has 1 aliphatic rings. The second-order valence-corrected chi connectivity index (χ2v) is 7.88. The fourth-order valence-electron chi connectivity index (χ4n) is 3.27. The number of hydrogen-bond acceptors (Lipinski definition) is 6. The van der Waals surface area contributed by atoms with Gasteiger partial charge in [-0.3, -0.25) is 4.79 Å². The number of thiazole rings is 1. The normalized spacial score (nSPS) is 15.7. The molecule has 30 heavy (non-hydrogen) atoms. The summed E-state index contributed by atoms with van der Waals surface area (Å²) in [5.41, 5.74) is 2.38. The number of hydrogen-bond donors (Lipinski definition) is 1. The number of rotatable bonds is 8. The second-order valence-electron chi connectivity index (χ2n) is 7.02. The molecule has 0 bridgehead atoms. The molecular formula is C23H24N2O4S. The molecule has 0 saturated carbocycles. The van der Waals surface area contributed by atoms with E-state index in [-0.39, 0.29) is 12.0 Å². The van der Waals surface area contributed by atoms with Crippen LogP contribution >= 0.6 is 11.3 Å². The summed E-state index contributed by atoms with van der Waals surface area (Å²) in [6, 6.07) is 15.7. The van der Waals surface area contributed by atoms with Gasteiger partial charge in [0.05, 0.1) is 13.2 Å². The first-order chi connectivity index (χ1) is 14.7. The first-order valence-corrected chi connectivity index (χ1v) is 10.8. The fraction of sp³-hybridized carbons (Fsp3) is 0.304. The SMILES string of the molecule is COc1cc(-c2nc(C(=O)NC[C@@H]3CCCO3)cs2)ccc1OCc1ccccc1. The van der Waals surface area contributed by atoms with Crippen molar-refractivity contribution in [2.45, 2.75) is 25.6 Å². The van der Waals surface area contributed by atoms with Crippen molar-refractivity contribution in [2.75, 3.05) is 20.3 Å². The van der Waals surface area contributed by atoms with E-state index in [1.165, 1.54) is 11.3 Å². The maximum atomic E-state index is 12.4. The van der Waals surface area contributed by atoms with E-state index in [1.807, 2.05) is 48.5 Å². The van der Waals surface area contributed by atoms with Crippen molar-refractivity contribution in [3.63, 3.8) is 0 Å². The summed E-state index contributed by atoms with van der Waals surface area (Å²) in [6.07, 6.45) is 2.15. The zero-order chi connectivity index (χ0) is 20.8. The van der Waals surface area contributed by atoms with Crippen molar-refractivity contribution in [3.8, 4) is 22.1 Å². The number of amides is 1. The molecule has 6 nitrogen and oxygen atoms in total. The van der Waals surface area contributed by atoms with Crippen molar-refractivity contribution in [1.29, 1.82) is 0 Å². The van der Waals surface area contributed by atoms with E-state index in [4.69, 9.17) is 14.2 Å². The fourth-order valence-corrected chi connectivity index (χ4v) is 4.07. The van der Waals surface area contributed by atoms with Crippen molar-refractivity contribution >= 4 is 17.2 Å². The topological polar surface area (TPSA) is 69.7 Å². The van der Waals surface area contributed by atoms with Crippen LogP contribution in [0.15, 0.2) is 53.9 Å². The molecule has 1 saturated heterocycles. The van der Waals surface area contributed by atoms with Crippen molar-refractivity contribution < 1.29 is 19.0 Å². The van der Waals surface area contributed by atoms with Gasteiger partial charge in [-0.2, -0.15) is 0 Å². The largest absolute Gasteiger partial charge is 0.493 e. The molecule has 156 valence electrons. The highest BCUT2D eigenvalue weighted by Crippen LogP contribution is 2.34. The third-order valence-electron chi connectivity index (χ3n) is 4.90. The van der Waals surface area contributed by atoms with Crippen LogP contribution in [0.25, 0.3) is 10.6 Å². The summed E-state index contributed by atoms with van der Waals surface area (Å²) in [4.78, 5) is 16.9. The molecule has 4 rings (SSSR count). The molecule has 3 aromatic rings. The monoisotopic (exact) mass is 424 g/mol. The average Bonchev–Trinajstić information content (AvgIpc) is 3.49. The minimum absolute atomic E-state index is 0.111. The molecule has 0 aliphatic carbocycles. The quantitative estimate of drug-likeness (QED) is 0.584. The molecule has 2 heterocycles. The number of nitrogens with zero attached hydrogens (tertiary/aromatic N) is 1. The molecule has 0 radical (unpaired) electrons. The molecular weight excluding hydrogens is 400 g/mol. The van der Waals surface area contributed by atoms with E-state index < -0.39 is 0 Å². The molecule has 0 unspecified atom stereocenters. The molecule has 7 heteroatoms. The Kier molecular flexibility index (Phi) is 6.61. The number of aromatic nitrogens is 1. The summed E-state index contributed by atoms with van der Waals surface area (Å²) in [6.45, 7) is 1.75. The molecule has 0 spiro atoms. The highest BCUT2D eigenvalue weighted by molar-refractivity contribution is 7.13. The van der Waals surface area contributed by atoms with Gasteiger partial charge < -0.3 is 19.5 Å². The lowest BCUT2D eigenvalue weighted by Gasteiger charge is -2.12. The van der Waals surface area contributed by atoms with Gasteiger partial charge in [0.15, 0.2) is 11.5 Å². The van der Waals surface area contributed by atoms with Gasteiger partial charge in [0, 0.05) is 24.1 Å². The Balaban J connectivity index is 1.41. The van der Waals surface area contributed by atoms with Gasteiger partial charge in [-0.1, -0.05) is 30.3 Å². The Labute approximate surface area is 179 Å². The Morgan fingerprint density at radius 2 is 2.10 bits per heavy atom. The van der Waals surface area contributed by atoms with E-state index in [2.05, 4.69) is 10.3 Å². The third-order valence-corrected chi connectivity index (χ3v) is 5.79. The Hall–Kier alpha value is -2.90.